The molecule has 0 amide bonds. The topological polar surface area (TPSA) is 52.6 Å². The molecule has 4 nitrogen and oxygen atoms in total. The summed E-state index contributed by atoms with van der Waals surface area (Å²) in [7, 11) is 0. The molecule has 0 aromatic rings. The van der Waals surface area contributed by atoms with Crippen LogP contribution in [-0.4, -0.2) is 25.2 Å². The van der Waals surface area contributed by atoms with E-state index in [2.05, 4.69) is 52.8 Å². The summed E-state index contributed by atoms with van der Waals surface area (Å²) in [5, 5.41) is 0. The van der Waals surface area contributed by atoms with E-state index in [0.29, 0.717) is 37.2 Å². The van der Waals surface area contributed by atoms with Crippen molar-refractivity contribution in [3.8, 4) is 0 Å². The summed E-state index contributed by atoms with van der Waals surface area (Å²) in [5.41, 5.74) is 4.99. The van der Waals surface area contributed by atoms with Crippen LogP contribution in [0.25, 0.3) is 0 Å². The molecular formula is C39H66O4. The molecule has 1 aliphatic rings. The van der Waals surface area contributed by atoms with Gasteiger partial charge in [-0.15, -0.1) is 0 Å². The minimum atomic E-state index is -0.340. The first kappa shape index (κ1) is 38.9. The zero-order chi connectivity index (χ0) is 31.5. The van der Waals surface area contributed by atoms with Gasteiger partial charge in [-0.2, -0.15) is 0 Å². The summed E-state index contributed by atoms with van der Waals surface area (Å²) in [6, 6.07) is 0. The van der Waals surface area contributed by atoms with Crippen molar-refractivity contribution in [1.82, 2.24) is 0 Å². The normalized spacial score (nSPS) is 13.6. The number of hydrogen-bond donors (Lipinski definition) is 0. The predicted octanol–water partition coefficient (Wildman–Crippen LogP) is 11.8. The smallest absolute Gasteiger partial charge is 0.334 e. The van der Waals surface area contributed by atoms with Gasteiger partial charge in [-0.25, -0.2) is 9.59 Å². The maximum absolute atomic E-state index is 13.2. The number of allylic oxidation sites excluding steroid dienone is 6. The van der Waals surface area contributed by atoms with Gasteiger partial charge in [0, 0.05) is 6.42 Å². The quantitative estimate of drug-likeness (QED) is 0.0564. The molecule has 0 aromatic heterocycles. The van der Waals surface area contributed by atoms with Gasteiger partial charge in [0.15, 0.2) is 0 Å². The SMILES string of the molecule is CCCCCCCCCCOC(=O)C1=C(C(=O)OCCCCCCCCCC)CC(CC/C=C(\C)CCC=C(C)C)=CC1. The fourth-order valence-electron chi connectivity index (χ4n) is 5.54. The third-order valence-corrected chi connectivity index (χ3v) is 8.37. The predicted molar refractivity (Wildman–Crippen MR) is 183 cm³/mol. The molecule has 246 valence electrons. The summed E-state index contributed by atoms with van der Waals surface area (Å²) < 4.78 is 11.4. The Morgan fingerprint density at radius 2 is 1.14 bits per heavy atom. The Morgan fingerprint density at radius 1 is 0.651 bits per heavy atom. The molecule has 43 heavy (non-hydrogen) atoms. The Bertz CT molecular complexity index is 885. The highest BCUT2D eigenvalue weighted by atomic mass is 16.5. The molecular weight excluding hydrogens is 532 g/mol. The largest absolute Gasteiger partial charge is 0.462 e. The lowest BCUT2D eigenvalue weighted by Gasteiger charge is -2.19. The van der Waals surface area contributed by atoms with Crippen LogP contribution in [0.15, 0.2) is 46.1 Å². The molecule has 0 aliphatic heterocycles. The van der Waals surface area contributed by atoms with Crippen LogP contribution in [0, 0.1) is 0 Å². The summed E-state index contributed by atoms with van der Waals surface area (Å²) in [4.78, 5) is 26.3. The van der Waals surface area contributed by atoms with Crippen LogP contribution in [0.3, 0.4) is 0 Å². The average molecular weight is 599 g/mol. The molecule has 1 rings (SSSR count). The van der Waals surface area contributed by atoms with Crippen molar-refractivity contribution in [2.24, 2.45) is 0 Å². The Hall–Kier alpha value is -2.10. The summed E-state index contributed by atoms with van der Waals surface area (Å²) in [5.74, 6) is -0.673. The zero-order valence-corrected chi connectivity index (χ0v) is 28.8. The van der Waals surface area contributed by atoms with Gasteiger partial charge in [0.1, 0.15) is 0 Å². The van der Waals surface area contributed by atoms with Gasteiger partial charge in [-0.1, -0.05) is 139 Å². The molecule has 0 unspecified atom stereocenters. The molecule has 0 saturated heterocycles. The van der Waals surface area contributed by atoms with E-state index >= 15 is 0 Å². The van der Waals surface area contributed by atoms with E-state index in [0.717, 1.165) is 51.4 Å². The van der Waals surface area contributed by atoms with Crippen LogP contribution >= 0.6 is 0 Å². The highest BCUT2D eigenvalue weighted by Crippen LogP contribution is 2.30. The second-order valence-electron chi connectivity index (χ2n) is 12.8. The van der Waals surface area contributed by atoms with Gasteiger partial charge >= 0.3 is 11.9 Å². The van der Waals surface area contributed by atoms with E-state index in [1.54, 1.807) is 0 Å². The van der Waals surface area contributed by atoms with Gasteiger partial charge in [0.25, 0.3) is 0 Å². The van der Waals surface area contributed by atoms with Crippen molar-refractivity contribution in [3.63, 3.8) is 0 Å². The fourth-order valence-corrected chi connectivity index (χ4v) is 5.54. The van der Waals surface area contributed by atoms with Gasteiger partial charge in [0.05, 0.1) is 24.4 Å². The van der Waals surface area contributed by atoms with Crippen LogP contribution in [0.2, 0.25) is 0 Å². The molecule has 0 N–H and O–H groups in total. The van der Waals surface area contributed by atoms with E-state index < -0.39 is 0 Å². The minimum Gasteiger partial charge on any atom is -0.462 e. The van der Waals surface area contributed by atoms with Crippen molar-refractivity contribution >= 4 is 11.9 Å². The molecule has 0 atom stereocenters. The molecule has 1 aliphatic carbocycles. The van der Waals surface area contributed by atoms with Gasteiger partial charge < -0.3 is 9.47 Å². The molecule has 4 heteroatoms. The van der Waals surface area contributed by atoms with Crippen molar-refractivity contribution in [3.05, 3.63) is 46.1 Å². The highest BCUT2D eigenvalue weighted by molar-refractivity contribution is 6.01. The fraction of sp³-hybridized carbons (Fsp3) is 0.744. The minimum absolute atomic E-state index is 0.332. The van der Waals surface area contributed by atoms with Gasteiger partial charge in [-0.3, -0.25) is 0 Å². The molecule has 0 heterocycles. The first-order valence-electron chi connectivity index (χ1n) is 17.9. The van der Waals surface area contributed by atoms with E-state index in [-0.39, 0.29) is 11.9 Å². The van der Waals surface area contributed by atoms with Crippen molar-refractivity contribution < 1.29 is 19.1 Å². The Labute approximate surface area is 265 Å². The summed E-state index contributed by atoms with van der Waals surface area (Å²) in [6.45, 7) is 11.8. The Kier molecular flexibility index (Phi) is 23.8. The van der Waals surface area contributed by atoms with Crippen LogP contribution < -0.4 is 0 Å². The van der Waals surface area contributed by atoms with E-state index in [9.17, 15) is 9.59 Å². The first-order valence-corrected chi connectivity index (χ1v) is 17.9. The van der Waals surface area contributed by atoms with E-state index in [1.165, 1.54) is 93.8 Å². The van der Waals surface area contributed by atoms with Gasteiger partial charge in [-0.05, 0) is 65.7 Å². The molecule has 0 fully saturated rings. The van der Waals surface area contributed by atoms with Crippen molar-refractivity contribution in [2.75, 3.05) is 13.2 Å². The van der Waals surface area contributed by atoms with Crippen LogP contribution in [0.1, 0.15) is 176 Å². The molecule has 0 saturated carbocycles. The second kappa shape index (κ2) is 26.3. The van der Waals surface area contributed by atoms with E-state index in [1.807, 2.05) is 0 Å². The van der Waals surface area contributed by atoms with Crippen molar-refractivity contribution in [1.29, 1.82) is 0 Å². The number of hydrogen-bond acceptors (Lipinski definition) is 4. The summed E-state index contributed by atoms with van der Waals surface area (Å²) in [6.07, 6.45) is 30.9. The summed E-state index contributed by atoms with van der Waals surface area (Å²) >= 11 is 0. The third kappa shape index (κ3) is 20.5. The zero-order valence-electron chi connectivity index (χ0n) is 28.8. The number of esters is 2. The lowest BCUT2D eigenvalue weighted by molar-refractivity contribution is -0.142. The monoisotopic (exact) mass is 598 g/mol. The number of rotatable bonds is 26. The van der Waals surface area contributed by atoms with Crippen LogP contribution in [0.5, 0.6) is 0 Å². The second-order valence-corrected chi connectivity index (χ2v) is 12.8. The average Bonchev–Trinajstić information content (AvgIpc) is 2.99. The van der Waals surface area contributed by atoms with Gasteiger partial charge in [0.2, 0.25) is 0 Å². The standard InChI is InChI=1S/C39H66O4/c1-6-8-10-12-14-16-18-20-30-42-38(40)36-29-28-35(27-23-26-34(5)25-22-24-33(3)4)32-37(36)39(41)43-31-21-19-17-15-13-11-9-7-2/h24,26,28H,6-23,25,27,29-32H2,1-5H3/b34-26+. The van der Waals surface area contributed by atoms with Crippen LogP contribution in [0.4, 0.5) is 0 Å². The highest BCUT2D eigenvalue weighted by Gasteiger charge is 2.26. The molecule has 0 aromatic carbocycles. The van der Waals surface area contributed by atoms with Crippen LogP contribution in [-0.2, 0) is 19.1 Å². The molecule has 0 spiro atoms. The number of carbonyl (C=O) groups is 2. The number of ether oxygens (including phenoxy) is 2. The maximum atomic E-state index is 13.2. The number of unbranched alkanes of at least 4 members (excludes halogenated alkanes) is 14. The Morgan fingerprint density at radius 3 is 1.65 bits per heavy atom. The third-order valence-electron chi connectivity index (χ3n) is 8.37. The lowest BCUT2D eigenvalue weighted by atomic mass is 9.89. The van der Waals surface area contributed by atoms with E-state index in [4.69, 9.17) is 9.47 Å². The molecule has 0 radical (unpaired) electrons. The molecule has 0 bridgehead atoms. The first-order chi connectivity index (χ1) is 20.9. The number of carbonyl (C=O) groups excluding carboxylic acids is 2. The lowest BCUT2D eigenvalue weighted by Crippen LogP contribution is -2.20. The Balaban J connectivity index is 2.62. The van der Waals surface area contributed by atoms with Crippen molar-refractivity contribution in [2.45, 2.75) is 176 Å². The maximum Gasteiger partial charge on any atom is 0.334 e.